The van der Waals surface area contributed by atoms with E-state index in [4.69, 9.17) is 4.74 Å². The van der Waals surface area contributed by atoms with Crippen molar-refractivity contribution in [1.82, 2.24) is 4.90 Å². The first kappa shape index (κ1) is 15.5. The molecule has 1 aliphatic rings. The van der Waals surface area contributed by atoms with E-state index in [1.165, 1.54) is 37.7 Å². The smallest absolute Gasteiger partial charge is 0.102 e. The van der Waals surface area contributed by atoms with Crippen molar-refractivity contribution in [3.63, 3.8) is 0 Å². The molecule has 2 aromatic carbocycles. The minimum Gasteiger partial charge on any atom is -0.386 e. The third kappa shape index (κ3) is 4.07. The second kappa shape index (κ2) is 7.73. The number of piperidine rings is 1. The van der Waals surface area contributed by atoms with Gasteiger partial charge in [0.1, 0.15) is 6.10 Å². The predicted octanol–water partition coefficient (Wildman–Crippen LogP) is 3.38. The number of aliphatic hydroxyl groups excluding tert-OH is 1. The maximum Gasteiger partial charge on any atom is 0.102 e. The van der Waals surface area contributed by atoms with Crippen molar-refractivity contribution in [3.05, 3.63) is 48.0 Å². The Labute approximate surface area is 132 Å². The van der Waals surface area contributed by atoms with Crippen molar-refractivity contribution in [1.29, 1.82) is 0 Å². The highest BCUT2D eigenvalue weighted by Gasteiger charge is 2.11. The van der Waals surface area contributed by atoms with Crippen LogP contribution in [0.3, 0.4) is 0 Å². The van der Waals surface area contributed by atoms with Gasteiger partial charge in [0.2, 0.25) is 0 Å². The molecule has 3 nitrogen and oxygen atoms in total. The van der Waals surface area contributed by atoms with Gasteiger partial charge in [-0.1, -0.05) is 42.8 Å². The molecule has 0 radical (unpaired) electrons. The average Bonchev–Trinajstić information content (AvgIpc) is 2.59. The van der Waals surface area contributed by atoms with Gasteiger partial charge in [-0.3, -0.25) is 0 Å². The lowest BCUT2D eigenvalue weighted by atomic mass is 10.0. The highest BCUT2D eigenvalue weighted by molar-refractivity contribution is 5.83. The molecule has 3 heteroatoms. The van der Waals surface area contributed by atoms with Crippen molar-refractivity contribution >= 4 is 10.8 Å². The number of aliphatic hydroxyl groups is 1. The molecular formula is C19H25NO2. The average molecular weight is 299 g/mol. The summed E-state index contributed by atoms with van der Waals surface area (Å²) in [5.74, 6) is 0. The largest absolute Gasteiger partial charge is 0.386 e. The summed E-state index contributed by atoms with van der Waals surface area (Å²) in [6.45, 7) is 4.43. The first-order valence-corrected chi connectivity index (χ1v) is 8.30. The first-order chi connectivity index (χ1) is 10.8. The number of ether oxygens (including phenoxy) is 1. The summed E-state index contributed by atoms with van der Waals surface area (Å²) in [7, 11) is 0. The van der Waals surface area contributed by atoms with Crippen LogP contribution in [0.4, 0.5) is 0 Å². The quantitative estimate of drug-likeness (QED) is 0.830. The second-order valence-corrected chi connectivity index (χ2v) is 6.10. The SMILES string of the molecule is OC(COCCN1CCCCC1)c1ccc2ccccc2c1. The Hall–Kier alpha value is -1.42. The summed E-state index contributed by atoms with van der Waals surface area (Å²) in [6.07, 6.45) is 3.42. The Morgan fingerprint density at radius 3 is 2.59 bits per heavy atom. The molecule has 0 bridgehead atoms. The third-order valence-corrected chi connectivity index (χ3v) is 4.43. The maximum atomic E-state index is 10.3. The summed E-state index contributed by atoms with van der Waals surface area (Å²) < 4.78 is 5.67. The number of likely N-dealkylation sites (tertiary alicyclic amines) is 1. The van der Waals surface area contributed by atoms with E-state index in [0.29, 0.717) is 13.2 Å². The van der Waals surface area contributed by atoms with Crippen molar-refractivity contribution in [2.24, 2.45) is 0 Å². The van der Waals surface area contributed by atoms with Crippen molar-refractivity contribution < 1.29 is 9.84 Å². The summed E-state index contributed by atoms with van der Waals surface area (Å²) >= 11 is 0. The molecule has 1 N–H and O–H groups in total. The van der Waals surface area contributed by atoms with Gasteiger partial charge in [-0.25, -0.2) is 0 Å². The Bertz CT molecular complexity index is 593. The van der Waals surface area contributed by atoms with E-state index >= 15 is 0 Å². The fourth-order valence-corrected chi connectivity index (χ4v) is 3.08. The number of hydrogen-bond donors (Lipinski definition) is 1. The molecule has 0 amide bonds. The van der Waals surface area contributed by atoms with Gasteiger partial charge in [-0.15, -0.1) is 0 Å². The van der Waals surface area contributed by atoms with Crippen LogP contribution in [0.5, 0.6) is 0 Å². The van der Waals surface area contributed by atoms with Crippen LogP contribution in [0.15, 0.2) is 42.5 Å². The molecule has 1 heterocycles. The third-order valence-electron chi connectivity index (χ3n) is 4.43. The Morgan fingerprint density at radius 2 is 1.77 bits per heavy atom. The molecule has 22 heavy (non-hydrogen) atoms. The minimum atomic E-state index is -0.550. The van der Waals surface area contributed by atoms with E-state index in [1.54, 1.807) is 0 Å². The van der Waals surface area contributed by atoms with Crippen LogP contribution in [0.25, 0.3) is 10.8 Å². The van der Waals surface area contributed by atoms with Gasteiger partial charge in [0.25, 0.3) is 0 Å². The highest BCUT2D eigenvalue weighted by Crippen LogP contribution is 2.20. The molecule has 3 rings (SSSR count). The van der Waals surface area contributed by atoms with Gasteiger partial charge in [-0.05, 0) is 48.3 Å². The van der Waals surface area contributed by atoms with Crippen LogP contribution < -0.4 is 0 Å². The molecule has 1 atom stereocenters. The monoisotopic (exact) mass is 299 g/mol. The Balaban J connectivity index is 1.47. The molecule has 1 aliphatic heterocycles. The molecule has 1 unspecified atom stereocenters. The van der Waals surface area contributed by atoms with E-state index in [1.807, 2.05) is 24.3 Å². The number of hydrogen-bond acceptors (Lipinski definition) is 3. The van der Waals surface area contributed by atoms with E-state index in [9.17, 15) is 5.11 Å². The standard InChI is InChI=1S/C19H25NO2/c21-19(15-22-13-12-20-10-4-1-5-11-20)18-9-8-16-6-2-3-7-17(16)14-18/h2-3,6-9,14,19,21H,1,4-5,10-13,15H2. The lowest BCUT2D eigenvalue weighted by molar-refractivity contribution is 0.0246. The van der Waals surface area contributed by atoms with E-state index in [0.717, 1.165) is 17.5 Å². The minimum absolute atomic E-state index is 0.367. The fourth-order valence-electron chi connectivity index (χ4n) is 3.08. The van der Waals surface area contributed by atoms with E-state index in [2.05, 4.69) is 23.1 Å². The lowest BCUT2D eigenvalue weighted by Crippen LogP contribution is -2.32. The number of benzene rings is 2. The molecule has 0 aliphatic carbocycles. The van der Waals surface area contributed by atoms with Gasteiger partial charge in [0.05, 0.1) is 13.2 Å². The summed E-state index contributed by atoms with van der Waals surface area (Å²) in [5, 5.41) is 12.6. The molecule has 1 saturated heterocycles. The molecule has 0 saturated carbocycles. The van der Waals surface area contributed by atoms with Crippen LogP contribution >= 0.6 is 0 Å². The van der Waals surface area contributed by atoms with Crippen LogP contribution in [0.2, 0.25) is 0 Å². The second-order valence-electron chi connectivity index (χ2n) is 6.10. The van der Waals surface area contributed by atoms with Gasteiger partial charge in [-0.2, -0.15) is 0 Å². The normalized spacial score (nSPS) is 17.7. The number of fused-ring (bicyclic) bond motifs is 1. The summed E-state index contributed by atoms with van der Waals surface area (Å²) in [6, 6.07) is 14.3. The maximum absolute atomic E-state index is 10.3. The van der Waals surface area contributed by atoms with E-state index in [-0.39, 0.29) is 0 Å². The predicted molar refractivity (Wildman–Crippen MR) is 90.0 cm³/mol. The van der Waals surface area contributed by atoms with Gasteiger partial charge < -0.3 is 14.7 Å². The Morgan fingerprint density at radius 1 is 1.00 bits per heavy atom. The fraction of sp³-hybridized carbons (Fsp3) is 0.474. The zero-order valence-electron chi connectivity index (χ0n) is 13.1. The van der Waals surface area contributed by atoms with Crippen molar-refractivity contribution in [3.8, 4) is 0 Å². The Kier molecular flexibility index (Phi) is 5.43. The number of rotatable bonds is 6. The molecular weight excluding hydrogens is 274 g/mol. The van der Waals surface area contributed by atoms with E-state index < -0.39 is 6.10 Å². The molecule has 0 aromatic heterocycles. The van der Waals surface area contributed by atoms with Gasteiger partial charge in [0.15, 0.2) is 0 Å². The van der Waals surface area contributed by atoms with Crippen LogP contribution in [-0.4, -0.2) is 42.9 Å². The number of nitrogens with zero attached hydrogens (tertiary/aromatic N) is 1. The lowest BCUT2D eigenvalue weighted by Gasteiger charge is -2.26. The van der Waals surface area contributed by atoms with Crippen LogP contribution in [0.1, 0.15) is 30.9 Å². The van der Waals surface area contributed by atoms with Crippen molar-refractivity contribution in [2.45, 2.75) is 25.4 Å². The zero-order chi connectivity index (χ0) is 15.2. The highest BCUT2D eigenvalue weighted by atomic mass is 16.5. The molecule has 2 aromatic rings. The molecule has 118 valence electrons. The zero-order valence-corrected chi connectivity index (χ0v) is 13.1. The first-order valence-electron chi connectivity index (χ1n) is 8.30. The topological polar surface area (TPSA) is 32.7 Å². The summed E-state index contributed by atoms with van der Waals surface area (Å²) in [4.78, 5) is 2.45. The van der Waals surface area contributed by atoms with Gasteiger partial charge in [0, 0.05) is 6.54 Å². The van der Waals surface area contributed by atoms with Gasteiger partial charge >= 0.3 is 0 Å². The molecule has 0 spiro atoms. The van der Waals surface area contributed by atoms with Crippen molar-refractivity contribution in [2.75, 3.05) is 32.8 Å². The molecule has 1 fully saturated rings. The summed E-state index contributed by atoms with van der Waals surface area (Å²) in [5.41, 5.74) is 0.927. The van der Waals surface area contributed by atoms with Crippen LogP contribution in [0, 0.1) is 0 Å². The van der Waals surface area contributed by atoms with Crippen LogP contribution in [-0.2, 0) is 4.74 Å².